The normalized spacial score (nSPS) is 17.0. The van der Waals surface area contributed by atoms with Gasteiger partial charge < -0.3 is 20.8 Å². The van der Waals surface area contributed by atoms with Crippen molar-refractivity contribution in [2.24, 2.45) is 0 Å². The van der Waals surface area contributed by atoms with Crippen molar-refractivity contribution in [3.05, 3.63) is 0 Å². The van der Waals surface area contributed by atoms with Gasteiger partial charge in [0.2, 0.25) is 0 Å². The van der Waals surface area contributed by atoms with E-state index in [1.807, 2.05) is 11.8 Å². The number of hydrogen-bond acceptors (Lipinski definition) is 5. The Morgan fingerprint density at radius 1 is 1.19 bits per heavy atom. The third-order valence-corrected chi connectivity index (χ3v) is 4.01. The topological polar surface area (TPSA) is 119 Å². The van der Waals surface area contributed by atoms with Crippen LogP contribution in [0.4, 0.5) is 4.79 Å². The molecule has 0 aromatic rings. The molecule has 0 aromatic carbocycles. The number of amides is 2. The van der Waals surface area contributed by atoms with Crippen molar-refractivity contribution in [2.75, 3.05) is 37.7 Å². The number of carbonyl (C=O) groups is 3. The Morgan fingerprint density at radius 3 is 2.43 bits per heavy atom. The fourth-order valence-electron chi connectivity index (χ4n) is 1.89. The third kappa shape index (κ3) is 7.76. The molecule has 1 saturated heterocycles. The number of carboxylic acids is 2. The second kappa shape index (κ2) is 9.46. The Kier molecular flexibility index (Phi) is 7.91. The number of carboxylic acid groups (broad SMARTS) is 2. The molecule has 21 heavy (non-hydrogen) atoms. The molecule has 1 aliphatic rings. The zero-order valence-corrected chi connectivity index (χ0v) is 12.5. The first-order valence-corrected chi connectivity index (χ1v) is 7.93. The van der Waals surface area contributed by atoms with Gasteiger partial charge in [-0.3, -0.25) is 9.69 Å². The molecule has 1 atom stereocenters. The molecule has 2 amide bonds. The molecule has 120 valence electrons. The van der Waals surface area contributed by atoms with E-state index in [0.717, 1.165) is 31.1 Å². The molecular weight excluding hydrogens is 298 g/mol. The van der Waals surface area contributed by atoms with E-state index in [1.54, 1.807) is 0 Å². The van der Waals surface area contributed by atoms with Gasteiger partial charge in [0.25, 0.3) is 0 Å². The second-order valence-electron chi connectivity index (χ2n) is 4.68. The lowest BCUT2D eigenvalue weighted by Crippen LogP contribution is -2.48. The third-order valence-electron chi connectivity index (χ3n) is 3.07. The summed E-state index contributed by atoms with van der Waals surface area (Å²) < 4.78 is 0. The van der Waals surface area contributed by atoms with Gasteiger partial charge in [0.05, 0.1) is 0 Å². The first-order chi connectivity index (χ1) is 9.99. The summed E-state index contributed by atoms with van der Waals surface area (Å²) in [6.07, 6.45) is -0.440. The van der Waals surface area contributed by atoms with Gasteiger partial charge in [-0.05, 0) is 6.42 Å². The summed E-state index contributed by atoms with van der Waals surface area (Å²) in [4.78, 5) is 35.2. The summed E-state index contributed by atoms with van der Waals surface area (Å²) in [5.74, 6) is -0.156. The highest BCUT2D eigenvalue weighted by molar-refractivity contribution is 7.99. The highest BCUT2D eigenvalue weighted by atomic mass is 32.2. The Hall–Kier alpha value is -1.48. The Labute approximate surface area is 127 Å². The molecule has 1 fully saturated rings. The van der Waals surface area contributed by atoms with Crippen molar-refractivity contribution in [3.8, 4) is 0 Å². The maximum absolute atomic E-state index is 11.6. The molecule has 1 unspecified atom stereocenters. The van der Waals surface area contributed by atoms with E-state index < -0.39 is 24.0 Å². The SMILES string of the molecule is O=C(O)CCC(NC(=O)NCCN1CCSCC1)C(=O)O. The maximum atomic E-state index is 11.6. The molecule has 4 N–H and O–H groups in total. The van der Waals surface area contributed by atoms with E-state index in [4.69, 9.17) is 10.2 Å². The average molecular weight is 319 g/mol. The number of urea groups is 1. The van der Waals surface area contributed by atoms with Gasteiger partial charge in [0.1, 0.15) is 6.04 Å². The minimum atomic E-state index is -1.24. The Balaban J connectivity index is 2.22. The lowest BCUT2D eigenvalue weighted by atomic mass is 10.1. The molecule has 0 spiro atoms. The van der Waals surface area contributed by atoms with Gasteiger partial charge in [0.15, 0.2) is 0 Å². The monoisotopic (exact) mass is 319 g/mol. The molecule has 0 aromatic heterocycles. The lowest BCUT2D eigenvalue weighted by Gasteiger charge is -2.26. The fraction of sp³-hybridized carbons (Fsp3) is 0.750. The number of hydrogen-bond donors (Lipinski definition) is 4. The van der Waals surface area contributed by atoms with E-state index in [1.165, 1.54) is 0 Å². The maximum Gasteiger partial charge on any atom is 0.326 e. The molecule has 1 rings (SSSR count). The summed E-state index contributed by atoms with van der Waals surface area (Å²) in [7, 11) is 0. The molecule has 0 saturated carbocycles. The highest BCUT2D eigenvalue weighted by Crippen LogP contribution is 2.07. The number of rotatable bonds is 8. The standard InChI is InChI=1S/C12H21N3O5S/c16-10(17)2-1-9(11(18)19)14-12(20)13-3-4-15-5-7-21-8-6-15/h9H,1-8H2,(H,16,17)(H,18,19)(H2,13,14,20). The lowest BCUT2D eigenvalue weighted by molar-refractivity contribution is -0.140. The predicted octanol–water partition coefficient (Wildman–Crippen LogP) is -0.348. The van der Waals surface area contributed by atoms with Gasteiger partial charge in [0, 0.05) is 44.1 Å². The average Bonchev–Trinajstić information content (AvgIpc) is 2.44. The van der Waals surface area contributed by atoms with Gasteiger partial charge in [-0.15, -0.1) is 0 Å². The molecule has 0 radical (unpaired) electrons. The van der Waals surface area contributed by atoms with E-state index >= 15 is 0 Å². The fourth-order valence-corrected chi connectivity index (χ4v) is 2.87. The first-order valence-electron chi connectivity index (χ1n) is 6.78. The molecule has 0 bridgehead atoms. The highest BCUT2D eigenvalue weighted by Gasteiger charge is 2.20. The number of carbonyl (C=O) groups excluding carboxylic acids is 1. The second-order valence-corrected chi connectivity index (χ2v) is 5.90. The molecular formula is C12H21N3O5S. The molecule has 1 aliphatic heterocycles. The van der Waals surface area contributed by atoms with Gasteiger partial charge in [-0.1, -0.05) is 0 Å². The van der Waals surface area contributed by atoms with Crippen LogP contribution in [0.3, 0.4) is 0 Å². The minimum Gasteiger partial charge on any atom is -0.481 e. The molecule has 0 aliphatic carbocycles. The van der Waals surface area contributed by atoms with Gasteiger partial charge in [-0.25, -0.2) is 9.59 Å². The van der Waals surface area contributed by atoms with E-state index in [0.29, 0.717) is 6.54 Å². The van der Waals surface area contributed by atoms with Crippen molar-refractivity contribution in [1.82, 2.24) is 15.5 Å². The van der Waals surface area contributed by atoms with Gasteiger partial charge in [-0.2, -0.15) is 11.8 Å². The van der Waals surface area contributed by atoms with Crippen molar-refractivity contribution in [2.45, 2.75) is 18.9 Å². The Morgan fingerprint density at radius 2 is 1.86 bits per heavy atom. The van der Waals surface area contributed by atoms with Crippen LogP contribution < -0.4 is 10.6 Å². The quantitative estimate of drug-likeness (QED) is 0.483. The zero-order chi connectivity index (χ0) is 15.7. The number of nitrogens with zero attached hydrogens (tertiary/aromatic N) is 1. The van der Waals surface area contributed by atoms with Gasteiger partial charge >= 0.3 is 18.0 Å². The minimum absolute atomic E-state index is 0.137. The largest absolute Gasteiger partial charge is 0.481 e. The van der Waals surface area contributed by atoms with Crippen LogP contribution in [0.15, 0.2) is 0 Å². The summed E-state index contributed by atoms with van der Waals surface area (Å²) in [5, 5.41) is 22.3. The van der Waals surface area contributed by atoms with Crippen LogP contribution in [0.1, 0.15) is 12.8 Å². The summed E-state index contributed by atoms with van der Waals surface area (Å²) >= 11 is 1.90. The van der Waals surface area contributed by atoms with Crippen LogP contribution in [-0.2, 0) is 9.59 Å². The van der Waals surface area contributed by atoms with Crippen LogP contribution >= 0.6 is 11.8 Å². The first kappa shape index (κ1) is 17.6. The van der Waals surface area contributed by atoms with Crippen molar-refractivity contribution < 1.29 is 24.6 Å². The van der Waals surface area contributed by atoms with E-state index in [-0.39, 0.29) is 12.8 Å². The van der Waals surface area contributed by atoms with Crippen LogP contribution in [0.25, 0.3) is 0 Å². The van der Waals surface area contributed by atoms with Crippen molar-refractivity contribution >= 4 is 29.7 Å². The van der Waals surface area contributed by atoms with Crippen LogP contribution in [-0.4, -0.2) is 76.8 Å². The summed E-state index contributed by atoms with van der Waals surface area (Å²) in [5.41, 5.74) is 0. The smallest absolute Gasteiger partial charge is 0.326 e. The molecule has 9 heteroatoms. The Bertz CT molecular complexity index is 374. The zero-order valence-electron chi connectivity index (χ0n) is 11.7. The number of thioether (sulfide) groups is 1. The van der Waals surface area contributed by atoms with Crippen LogP contribution in [0.2, 0.25) is 0 Å². The molecule has 8 nitrogen and oxygen atoms in total. The van der Waals surface area contributed by atoms with Crippen molar-refractivity contribution in [1.29, 1.82) is 0 Å². The number of aliphatic carboxylic acids is 2. The van der Waals surface area contributed by atoms with E-state index in [9.17, 15) is 14.4 Å². The summed E-state index contributed by atoms with van der Waals surface area (Å²) in [6, 6.07) is -1.77. The van der Waals surface area contributed by atoms with Crippen LogP contribution in [0.5, 0.6) is 0 Å². The predicted molar refractivity (Wildman–Crippen MR) is 78.6 cm³/mol. The summed E-state index contributed by atoms with van der Waals surface area (Å²) in [6.45, 7) is 3.14. The molecule has 1 heterocycles. The van der Waals surface area contributed by atoms with Crippen molar-refractivity contribution in [3.63, 3.8) is 0 Å². The van der Waals surface area contributed by atoms with Crippen LogP contribution in [0, 0.1) is 0 Å². The van der Waals surface area contributed by atoms with E-state index in [2.05, 4.69) is 15.5 Å². The number of nitrogens with one attached hydrogen (secondary N) is 2.